The van der Waals surface area contributed by atoms with Crippen molar-refractivity contribution in [1.29, 1.82) is 0 Å². The SMILES string of the molecule is O=C1CCC(N2Cc3cc(C(=O)N4CCCC[C@@H]4C(=O)O)ccc3C2=O)C(=O)N1. The zero-order chi connectivity index (χ0) is 20.7. The maximum atomic E-state index is 12.9. The van der Waals surface area contributed by atoms with Crippen LogP contribution >= 0.6 is 0 Å². The lowest BCUT2D eigenvalue weighted by atomic mass is 9.99. The number of hydrogen-bond donors (Lipinski definition) is 2. The highest BCUT2D eigenvalue weighted by Crippen LogP contribution is 2.29. The molecule has 4 amide bonds. The molecule has 9 heteroatoms. The van der Waals surface area contributed by atoms with Crippen molar-refractivity contribution < 1.29 is 29.1 Å². The van der Waals surface area contributed by atoms with Crippen molar-refractivity contribution in [3.05, 3.63) is 34.9 Å². The summed E-state index contributed by atoms with van der Waals surface area (Å²) in [5, 5.41) is 11.7. The first-order valence-corrected chi connectivity index (χ1v) is 9.68. The van der Waals surface area contributed by atoms with Crippen LogP contribution in [0.3, 0.4) is 0 Å². The molecule has 0 saturated carbocycles. The number of fused-ring (bicyclic) bond motifs is 1. The van der Waals surface area contributed by atoms with Gasteiger partial charge in [-0.2, -0.15) is 0 Å². The number of imide groups is 1. The first-order chi connectivity index (χ1) is 13.9. The van der Waals surface area contributed by atoms with Crippen molar-refractivity contribution >= 4 is 29.6 Å². The molecule has 0 radical (unpaired) electrons. The van der Waals surface area contributed by atoms with E-state index in [4.69, 9.17) is 0 Å². The van der Waals surface area contributed by atoms with E-state index < -0.39 is 24.0 Å². The fraction of sp³-hybridized carbons (Fsp3) is 0.450. The molecule has 3 heterocycles. The molecule has 2 saturated heterocycles. The Hall–Kier alpha value is -3.23. The number of carbonyl (C=O) groups excluding carboxylic acids is 4. The predicted molar refractivity (Wildman–Crippen MR) is 98.8 cm³/mol. The minimum atomic E-state index is -1.02. The molecule has 29 heavy (non-hydrogen) atoms. The molecular weight excluding hydrogens is 378 g/mol. The van der Waals surface area contributed by atoms with Gasteiger partial charge in [0.25, 0.3) is 11.8 Å². The van der Waals surface area contributed by atoms with E-state index >= 15 is 0 Å². The average molecular weight is 399 g/mol. The number of carboxylic acid groups (broad SMARTS) is 1. The maximum Gasteiger partial charge on any atom is 0.326 e. The summed E-state index contributed by atoms with van der Waals surface area (Å²) >= 11 is 0. The van der Waals surface area contributed by atoms with Crippen molar-refractivity contribution in [2.45, 2.75) is 50.7 Å². The number of hydrogen-bond acceptors (Lipinski definition) is 5. The van der Waals surface area contributed by atoms with Crippen molar-refractivity contribution in [3.8, 4) is 0 Å². The number of likely N-dealkylation sites (tertiary alicyclic amines) is 1. The van der Waals surface area contributed by atoms with Crippen molar-refractivity contribution in [1.82, 2.24) is 15.1 Å². The Balaban J connectivity index is 1.56. The van der Waals surface area contributed by atoms with Gasteiger partial charge in [-0.15, -0.1) is 0 Å². The van der Waals surface area contributed by atoms with Gasteiger partial charge in [0, 0.05) is 30.6 Å². The summed E-state index contributed by atoms with van der Waals surface area (Å²) in [6.45, 7) is 0.554. The molecule has 1 unspecified atom stereocenters. The van der Waals surface area contributed by atoms with Gasteiger partial charge in [-0.25, -0.2) is 4.79 Å². The average Bonchev–Trinajstić information content (AvgIpc) is 3.03. The van der Waals surface area contributed by atoms with Crippen LogP contribution in [0.2, 0.25) is 0 Å². The zero-order valence-electron chi connectivity index (χ0n) is 15.7. The van der Waals surface area contributed by atoms with Crippen molar-refractivity contribution in [2.75, 3.05) is 6.54 Å². The third-order valence-electron chi connectivity index (χ3n) is 5.82. The van der Waals surface area contributed by atoms with Gasteiger partial charge in [0.15, 0.2) is 0 Å². The van der Waals surface area contributed by atoms with E-state index in [0.29, 0.717) is 29.7 Å². The summed E-state index contributed by atoms with van der Waals surface area (Å²) in [7, 11) is 0. The number of nitrogens with one attached hydrogen (secondary N) is 1. The monoisotopic (exact) mass is 399 g/mol. The molecule has 9 nitrogen and oxygen atoms in total. The van der Waals surface area contributed by atoms with Crippen LogP contribution in [0.5, 0.6) is 0 Å². The van der Waals surface area contributed by atoms with Crippen LogP contribution in [0.4, 0.5) is 0 Å². The van der Waals surface area contributed by atoms with Crippen LogP contribution in [-0.2, 0) is 20.9 Å². The third-order valence-corrected chi connectivity index (χ3v) is 5.82. The fourth-order valence-electron chi connectivity index (χ4n) is 4.30. The lowest BCUT2D eigenvalue weighted by Crippen LogP contribution is -2.52. The maximum absolute atomic E-state index is 12.9. The quantitative estimate of drug-likeness (QED) is 0.715. The van der Waals surface area contributed by atoms with Crippen LogP contribution in [0.15, 0.2) is 18.2 Å². The highest BCUT2D eigenvalue weighted by Gasteiger charge is 2.40. The predicted octanol–water partition coefficient (Wildman–Crippen LogP) is 0.527. The molecule has 2 atom stereocenters. The summed E-state index contributed by atoms with van der Waals surface area (Å²) in [4.78, 5) is 63.4. The van der Waals surface area contributed by atoms with Crippen LogP contribution in [-0.4, -0.2) is 63.1 Å². The molecule has 0 spiro atoms. The number of amides is 4. The summed E-state index contributed by atoms with van der Waals surface area (Å²) in [6, 6.07) is 3.13. The van der Waals surface area contributed by atoms with Crippen LogP contribution in [0.1, 0.15) is 58.4 Å². The van der Waals surface area contributed by atoms with E-state index in [2.05, 4.69) is 5.32 Å². The van der Waals surface area contributed by atoms with Gasteiger partial charge in [0.2, 0.25) is 11.8 Å². The van der Waals surface area contributed by atoms with Gasteiger partial charge in [-0.05, 0) is 49.4 Å². The van der Waals surface area contributed by atoms with E-state index in [-0.39, 0.29) is 37.1 Å². The summed E-state index contributed by atoms with van der Waals surface area (Å²) < 4.78 is 0. The second kappa shape index (κ2) is 7.31. The Morgan fingerprint density at radius 2 is 1.90 bits per heavy atom. The molecule has 0 bridgehead atoms. The number of rotatable bonds is 3. The first kappa shape index (κ1) is 19.1. The first-order valence-electron chi connectivity index (χ1n) is 9.68. The van der Waals surface area contributed by atoms with Crippen LogP contribution in [0.25, 0.3) is 0 Å². The topological polar surface area (TPSA) is 124 Å². The van der Waals surface area contributed by atoms with Crippen LogP contribution < -0.4 is 5.32 Å². The normalized spacial score (nSPS) is 24.3. The smallest absolute Gasteiger partial charge is 0.326 e. The summed E-state index contributed by atoms with van der Waals surface area (Å²) in [5.74, 6) is -2.53. The minimum Gasteiger partial charge on any atom is -0.480 e. The highest BCUT2D eigenvalue weighted by atomic mass is 16.4. The summed E-state index contributed by atoms with van der Waals surface area (Å²) in [6.07, 6.45) is 2.38. The van der Waals surface area contributed by atoms with Crippen LogP contribution in [0, 0.1) is 0 Å². The third kappa shape index (κ3) is 3.37. The van der Waals surface area contributed by atoms with Gasteiger partial charge < -0.3 is 14.9 Å². The number of piperidine rings is 2. The van der Waals surface area contributed by atoms with E-state index in [1.54, 1.807) is 12.1 Å². The molecule has 2 fully saturated rings. The van der Waals surface area contributed by atoms with E-state index in [9.17, 15) is 29.1 Å². The molecule has 3 aliphatic heterocycles. The van der Waals surface area contributed by atoms with Crippen molar-refractivity contribution in [3.63, 3.8) is 0 Å². The number of carboxylic acids is 1. The number of aliphatic carboxylic acids is 1. The molecule has 2 N–H and O–H groups in total. The van der Waals surface area contributed by atoms with Gasteiger partial charge in [-0.1, -0.05) is 0 Å². The van der Waals surface area contributed by atoms with E-state index in [0.717, 1.165) is 12.8 Å². The Labute approximate surface area is 166 Å². The molecule has 0 aromatic heterocycles. The minimum absolute atomic E-state index is 0.171. The second-order valence-electron chi connectivity index (χ2n) is 7.62. The van der Waals surface area contributed by atoms with Gasteiger partial charge in [0.05, 0.1) is 0 Å². The van der Waals surface area contributed by atoms with Gasteiger partial charge >= 0.3 is 5.97 Å². The molecular formula is C20H21N3O6. The number of carbonyl (C=O) groups is 5. The fourth-order valence-corrected chi connectivity index (χ4v) is 4.30. The van der Waals surface area contributed by atoms with E-state index in [1.165, 1.54) is 15.9 Å². The van der Waals surface area contributed by atoms with Crippen molar-refractivity contribution in [2.24, 2.45) is 0 Å². The largest absolute Gasteiger partial charge is 0.480 e. The molecule has 4 rings (SSSR count). The molecule has 0 aliphatic carbocycles. The number of nitrogens with zero attached hydrogens (tertiary/aromatic N) is 2. The van der Waals surface area contributed by atoms with E-state index in [1.807, 2.05) is 0 Å². The molecule has 152 valence electrons. The Kier molecular flexibility index (Phi) is 4.81. The molecule has 1 aromatic carbocycles. The Morgan fingerprint density at radius 3 is 2.62 bits per heavy atom. The molecule has 1 aromatic rings. The summed E-state index contributed by atoms with van der Waals surface area (Å²) in [5.41, 5.74) is 1.36. The van der Waals surface area contributed by atoms with Gasteiger partial charge in [-0.3, -0.25) is 24.5 Å². The molecule has 3 aliphatic rings. The Morgan fingerprint density at radius 1 is 1.10 bits per heavy atom. The lowest BCUT2D eigenvalue weighted by Gasteiger charge is -2.33. The standard InChI is InChI=1S/C20H21N3O6/c24-16-7-6-14(17(25)21-16)23-10-12-9-11(4-5-13(12)19(23)27)18(26)22-8-2-1-3-15(22)20(28)29/h4-5,9,14-15H,1-3,6-8,10H2,(H,28,29)(H,21,24,25)/t14?,15-/m1/s1. The zero-order valence-corrected chi connectivity index (χ0v) is 15.7. The van der Waals surface area contributed by atoms with Gasteiger partial charge in [0.1, 0.15) is 12.1 Å². The Bertz CT molecular complexity index is 927. The second-order valence-corrected chi connectivity index (χ2v) is 7.62. The lowest BCUT2D eigenvalue weighted by molar-refractivity contribution is -0.143. The highest BCUT2D eigenvalue weighted by molar-refractivity contribution is 6.06. The number of benzene rings is 1.